The average molecular weight is 478 g/mol. The van der Waals surface area contributed by atoms with E-state index >= 15 is 0 Å². The molecule has 0 spiro atoms. The van der Waals surface area contributed by atoms with E-state index < -0.39 is 33.0 Å². The second-order valence-electron chi connectivity index (χ2n) is 7.31. The van der Waals surface area contributed by atoms with Crippen molar-refractivity contribution >= 4 is 15.7 Å². The second kappa shape index (κ2) is 9.22. The first-order valence-electron chi connectivity index (χ1n) is 9.94. The van der Waals surface area contributed by atoms with Gasteiger partial charge in [-0.05, 0) is 55.0 Å². The first-order valence-corrected chi connectivity index (χ1v) is 11.6. The Kier molecular flexibility index (Phi) is 6.78. The number of alkyl halides is 3. The molecule has 1 N–H and O–H groups in total. The highest BCUT2D eigenvalue weighted by molar-refractivity contribution is 7.91. The molecule has 1 aromatic heterocycles. The van der Waals surface area contributed by atoms with Crippen molar-refractivity contribution in [2.75, 3.05) is 5.75 Å². The van der Waals surface area contributed by atoms with Crippen molar-refractivity contribution in [1.29, 1.82) is 0 Å². The molecule has 174 valence electrons. The van der Waals surface area contributed by atoms with E-state index in [0.29, 0.717) is 11.3 Å². The normalized spacial score (nSPS) is 11.9. The van der Waals surface area contributed by atoms with Crippen molar-refractivity contribution < 1.29 is 26.4 Å². The number of halogens is 3. The van der Waals surface area contributed by atoms with Crippen molar-refractivity contribution in [3.63, 3.8) is 0 Å². The lowest BCUT2D eigenvalue weighted by atomic mass is 10.1. The SMILES string of the molecule is CCS(=O)(=O)c1ccc(CNC(=O)c2ccc(C)n(-c3cccc(C(F)(F)F)c3)c2=O)cc1. The summed E-state index contributed by atoms with van der Waals surface area (Å²) in [5, 5.41) is 2.58. The highest BCUT2D eigenvalue weighted by Gasteiger charge is 2.30. The number of rotatable bonds is 6. The molecule has 10 heteroatoms. The number of amides is 1. The Labute approximate surface area is 188 Å². The lowest BCUT2D eigenvalue weighted by Crippen LogP contribution is -2.33. The third kappa shape index (κ3) is 5.33. The zero-order chi connectivity index (χ0) is 24.4. The molecule has 0 saturated heterocycles. The van der Waals surface area contributed by atoms with Gasteiger partial charge in [-0.15, -0.1) is 0 Å². The summed E-state index contributed by atoms with van der Waals surface area (Å²) in [4.78, 5) is 25.7. The van der Waals surface area contributed by atoms with Crippen LogP contribution in [0.3, 0.4) is 0 Å². The summed E-state index contributed by atoms with van der Waals surface area (Å²) in [7, 11) is -3.34. The number of aromatic nitrogens is 1. The Bertz CT molecular complexity index is 1350. The minimum Gasteiger partial charge on any atom is -0.348 e. The summed E-state index contributed by atoms with van der Waals surface area (Å²) in [5.74, 6) is -0.736. The number of benzene rings is 2. The molecule has 0 aliphatic rings. The van der Waals surface area contributed by atoms with Crippen LogP contribution in [0.1, 0.15) is 34.1 Å². The quantitative estimate of drug-likeness (QED) is 0.583. The number of sulfone groups is 1. The number of hydrogen-bond donors (Lipinski definition) is 1. The van der Waals surface area contributed by atoms with E-state index in [1.807, 2.05) is 0 Å². The van der Waals surface area contributed by atoms with Gasteiger partial charge in [-0.2, -0.15) is 13.2 Å². The van der Waals surface area contributed by atoms with Crippen LogP contribution >= 0.6 is 0 Å². The fourth-order valence-electron chi connectivity index (χ4n) is 3.20. The molecule has 6 nitrogen and oxygen atoms in total. The van der Waals surface area contributed by atoms with Crippen molar-refractivity contribution in [2.45, 2.75) is 31.5 Å². The molecule has 0 aliphatic carbocycles. The van der Waals surface area contributed by atoms with Gasteiger partial charge in [-0.25, -0.2) is 8.42 Å². The molecule has 2 aromatic carbocycles. The second-order valence-corrected chi connectivity index (χ2v) is 9.59. The minimum atomic E-state index is -4.57. The Morgan fingerprint density at radius 3 is 2.30 bits per heavy atom. The Hall–Kier alpha value is -3.40. The Morgan fingerprint density at radius 2 is 1.70 bits per heavy atom. The van der Waals surface area contributed by atoms with Gasteiger partial charge >= 0.3 is 6.18 Å². The standard InChI is InChI=1S/C23H21F3N2O4S/c1-3-33(31,32)19-10-8-16(9-11-19)14-27-21(29)20-12-7-15(2)28(22(20)30)18-6-4-5-17(13-18)23(24,25)26/h4-13H,3,14H2,1-2H3,(H,27,29). The van der Waals surface area contributed by atoms with E-state index in [0.717, 1.165) is 16.7 Å². The van der Waals surface area contributed by atoms with Gasteiger partial charge in [0.25, 0.3) is 11.5 Å². The van der Waals surface area contributed by atoms with Crippen molar-refractivity contribution in [2.24, 2.45) is 0 Å². The average Bonchev–Trinajstić information content (AvgIpc) is 2.77. The van der Waals surface area contributed by atoms with E-state index in [2.05, 4.69) is 5.32 Å². The van der Waals surface area contributed by atoms with E-state index in [1.54, 1.807) is 19.1 Å². The molecule has 3 rings (SSSR count). The maximum absolute atomic E-state index is 13.1. The smallest absolute Gasteiger partial charge is 0.348 e. The van der Waals surface area contributed by atoms with Crippen LogP contribution in [0.5, 0.6) is 0 Å². The molecule has 1 amide bonds. The molecule has 0 atom stereocenters. The monoisotopic (exact) mass is 478 g/mol. The maximum atomic E-state index is 13.1. The van der Waals surface area contributed by atoms with Gasteiger partial charge in [0.2, 0.25) is 0 Å². The lowest BCUT2D eigenvalue weighted by molar-refractivity contribution is -0.137. The van der Waals surface area contributed by atoms with E-state index in [1.165, 1.54) is 43.3 Å². The van der Waals surface area contributed by atoms with Gasteiger partial charge in [0.15, 0.2) is 9.84 Å². The van der Waals surface area contributed by atoms with Crippen LogP contribution in [0.25, 0.3) is 5.69 Å². The molecular weight excluding hydrogens is 457 g/mol. The number of aryl methyl sites for hydroxylation is 1. The number of nitrogens with one attached hydrogen (secondary N) is 1. The molecule has 0 fully saturated rings. The van der Waals surface area contributed by atoms with Crippen molar-refractivity contribution in [3.05, 3.63) is 93.4 Å². The first-order chi connectivity index (χ1) is 15.4. The van der Waals surface area contributed by atoms with Crippen LogP contribution in [-0.2, 0) is 22.6 Å². The van der Waals surface area contributed by atoms with Crippen LogP contribution in [0.2, 0.25) is 0 Å². The van der Waals surface area contributed by atoms with Gasteiger partial charge in [-0.3, -0.25) is 14.2 Å². The number of nitrogens with zero attached hydrogens (tertiary/aromatic N) is 1. The van der Waals surface area contributed by atoms with Crippen LogP contribution < -0.4 is 10.9 Å². The minimum absolute atomic E-state index is 0.00491. The van der Waals surface area contributed by atoms with Crippen LogP contribution in [0, 0.1) is 6.92 Å². The molecule has 3 aromatic rings. The summed E-state index contributed by atoms with van der Waals surface area (Å²) >= 11 is 0. The molecule has 0 aliphatic heterocycles. The summed E-state index contributed by atoms with van der Waals surface area (Å²) in [6, 6.07) is 13.1. The third-order valence-corrected chi connectivity index (χ3v) is 6.82. The maximum Gasteiger partial charge on any atom is 0.416 e. The predicted octanol–water partition coefficient (Wildman–Crippen LogP) is 3.89. The lowest BCUT2D eigenvalue weighted by Gasteiger charge is -2.14. The fraction of sp³-hybridized carbons (Fsp3) is 0.217. The molecule has 0 saturated carbocycles. The molecule has 0 radical (unpaired) electrons. The molecule has 1 heterocycles. The van der Waals surface area contributed by atoms with Crippen molar-refractivity contribution in [1.82, 2.24) is 9.88 Å². The van der Waals surface area contributed by atoms with Gasteiger partial charge in [0, 0.05) is 17.9 Å². The highest BCUT2D eigenvalue weighted by atomic mass is 32.2. The van der Waals surface area contributed by atoms with Crippen molar-refractivity contribution in [3.8, 4) is 5.69 Å². The molecule has 0 bridgehead atoms. The van der Waals surface area contributed by atoms with E-state index in [9.17, 15) is 31.2 Å². The number of carbonyl (C=O) groups excluding carboxylic acids is 1. The third-order valence-electron chi connectivity index (χ3n) is 5.07. The van der Waals surface area contributed by atoms with E-state index in [4.69, 9.17) is 0 Å². The first kappa shape index (κ1) is 24.2. The number of carbonyl (C=O) groups is 1. The van der Waals surface area contributed by atoms with E-state index in [-0.39, 0.29) is 28.4 Å². The fourth-order valence-corrected chi connectivity index (χ4v) is 4.09. The van der Waals surface area contributed by atoms with Gasteiger partial charge in [-0.1, -0.05) is 25.1 Å². The van der Waals surface area contributed by atoms with Crippen LogP contribution in [0.15, 0.2) is 70.4 Å². The van der Waals surface area contributed by atoms with Crippen LogP contribution in [0.4, 0.5) is 13.2 Å². The number of pyridine rings is 1. The topological polar surface area (TPSA) is 85.2 Å². The molecular formula is C23H21F3N2O4S. The van der Waals surface area contributed by atoms with Gasteiger partial charge in [0.05, 0.1) is 16.2 Å². The molecule has 33 heavy (non-hydrogen) atoms. The van der Waals surface area contributed by atoms with Gasteiger partial charge in [0.1, 0.15) is 5.56 Å². The summed E-state index contributed by atoms with van der Waals surface area (Å²) < 4.78 is 64.1. The number of hydrogen-bond acceptors (Lipinski definition) is 4. The Morgan fingerprint density at radius 1 is 1.03 bits per heavy atom. The zero-order valence-electron chi connectivity index (χ0n) is 17.8. The molecule has 0 unspecified atom stereocenters. The largest absolute Gasteiger partial charge is 0.416 e. The Balaban J connectivity index is 1.85. The highest BCUT2D eigenvalue weighted by Crippen LogP contribution is 2.30. The predicted molar refractivity (Wildman–Crippen MR) is 117 cm³/mol. The van der Waals surface area contributed by atoms with Gasteiger partial charge < -0.3 is 5.32 Å². The summed E-state index contributed by atoms with van der Waals surface area (Å²) in [6.45, 7) is 3.12. The summed E-state index contributed by atoms with van der Waals surface area (Å²) in [6.07, 6.45) is -4.57. The zero-order valence-corrected chi connectivity index (χ0v) is 18.6. The summed E-state index contributed by atoms with van der Waals surface area (Å²) in [5.41, 5.74) is -0.920. The van der Waals surface area contributed by atoms with Crippen LogP contribution in [-0.4, -0.2) is 24.6 Å².